The van der Waals surface area contributed by atoms with Crippen LogP contribution >= 0.6 is 24.0 Å². The zero-order valence-electron chi connectivity index (χ0n) is 19.3. The molecule has 0 spiro atoms. The number of methoxy groups -OCH3 is 3. The molecule has 0 aliphatic rings. The molecule has 0 saturated carbocycles. The predicted octanol–water partition coefficient (Wildman–Crippen LogP) is 3.74. The lowest BCUT2D eigenvalue weighted by molar-refractivity contribution is 0.323. The van der Waals surface area contributed by atoms with Crippen LogP contribution in [-0.2, 0) is 13.1 Å². The number of rotatable bonds is 9. The van der Waals surface area contributed by atoms with Crippen molar-refractivity contribution in [2.75, 3.05) is 34.9 Å². The Hall–Kier alpha value is -2.69. The minimum Gasteiger partial charge on any atom is -0.493 e. The molecule has 1 heterocycles. The van der Waals surface area contributed by atoms with Crippen molar-refractivity contribution in [3.05, 3.63) is 47.8 Å². The number of ether oxygens (including phenoxy) is 3. The summed E-state index contributed by atoms with van der Waals surface area (Å²) >= 11 is 0. The number of nitrogens with zero attached hydrogens (tertiary/aromatic N) is 3. The zero-order valence-corrected chi connectivity index (χ0v) is 21.6. The Morgan fingerprint density at radius 3 is 2.34 bits per heavy atom. The number of fused-ring (bicyclic) bond motifs is 1. The molecule has 8 nitrogen and oxygen atoms in total. The molecule has 1 aromatic heterocycles. The SMILES string of the molecule is CN=C(NCCCn1c(C)nc2ccccc21)NCc1cc(OC)c(OC)c(OC)c1.I. The summed E-state index contributed by atoms with van der Waals surface area (Å²) < 4.78 is 18.5. The average Bonchev–Trinajstić information content (AvgIpc) is 3.12. The number of aliphatic imine (C=N–C) groups is 1. The number of halogens is 1. The third-order valence-corrected chi connectivity index (χ3v) is 5.10. The van der Waals surface area contributed by atoms with Gasteiger partial charge in [0.25, 0.3) is 0 Å². The highest BCUT2D eigenvalue weighted by Crippen LogP contribution is 2.38. The quantitative estimate of drug-likeness (QED) is 0.182. The number of benzene rings is 2. The lowest BCUT2D eigenvalue weighted by Gasteiger charge is -2.16. The van der Waals surface area contributed by atoms with Gasteiger partial charge in [0.2, 0.25) is 5.75 Å². The molecule has 0 aliphatic heterocycles. The molecule has 0 bridgehead atoms. The summed E-state index contributed by atoms with van der Waals surface area (Å²) in [6, 6.07) is 12.1. The maximum absolute atomic E-state index is 5.42. The first-order valence-corrected chi connectivity index (χ1v) is 10.3. The highest BCUT2D eigenvalue weighted by Gasteiger charge is 2.13. The summed E-state index contributed by atoms with van der Waals surface area (Å²) in [7, 11) is 6.58. The van der Waals surface area contributed by atoms with E-state index in [-0.39, 0.29) is 24.0 Å². The van der Waals surface area contributed by atoms with Gasteiger partial charge in [-0.1, -0.05) is 12.1 Å². The maximum Gasteiger partial charge on any atom is 0.203 e. The van der Waals surface area contributed by atoms with Crippen molar-refractivity contribution in [3.63, 3.8) is 0 Å². The molecule has 32 heavy (non-hydrogen) atoms. The van der Waals surface area contributed by atoms with Gasteiger partial charge in [0.05, 0.1) is 32.4 Å². The van der Waals surface area contributed by atoms with Crippen molar-refractivity contribution in [2.45, 2.75) is 26.4 Å². The summed E-state index contributed by atoms with van der Waals surface area (Å²) in [4.78, 5) is 8.94. The van der Waals surface area contributed by atoms with Crippen LogP contribution in [0.5, 0.6) is 17.2 Å². The second-order valence-corrected chi connectivity index (χ2v) is 7.04. The summed E-state index contributed by atoms with van der Waals surface area (Å²) in [5.41, 5.74) is 3.21. The molecular weight excluding hydrogens is 521 g/mol. The smallest absolute Gasteiger partial charge is 0.203 e. The van der Waals surface area contributed by atoms with Crippen LogP contribution in [0.25, 0.3) is 11.0 Å². The van der Waals surface area contributed by atoms with Gasteiger partial charge in [0.1, 0.15) is 5.82 Å². The van der Waals surface area contributed by atoms with Crippen LogP contribution in [0, 0.1) is 6.92 Å². The zero-order chi connectivity index (χ0) is 22.2. The fourth-order valence-electron chi connectivity index (χ4n) is 3.57. The van der Waals surface area contributed by atoms with E-state index in [1.807, 2.05) is 37.3 Å². The molecule has 2 aromatic carbocycles. The van der Waals surface area contributed by atoms with Crippen LogP contribution < -0.4 is 24.8 Å². The highest BCUT2D eigenvalue weighted by atomic mass is 127. The summed E-state index contributed by atoms with van der Waals surface area (Å²) in [6.07, 6.45) is 0.950. The van der Waals surface area contributed by atoms with Crippen molar-refractivity contribution >= 4 is 41.0 Å². The standard InChI is InChI=1S/C23H31N5O3.HI/c1-16-27-18-9-6-7-10-19(18)28(16)12-8-11-25-23(24-2)26-15-17-13-20(29-3)22(31-5)21(14-17)30-4;/h6-7,9-10,13-14H,8,11-12,15H2,1-5H3,(H2,24,25,26);1H. The molecule has 3 rings (SSSR count). The molecule has 0 amide bonds. The van der Waals surface area contributed by atoms with Crippen LogP contribution in [-0.4, -0.2) is 50.4 Å². The fraction of sp³-hybridized carbons (Fsp3) is 0.391. The average molecular weight is 553 g/mol. The molecule has 3 aromatic rings. The number of aryl methyl sites for hydroxylation is 2. The highest BCUT2D eigenvalue weighted by molar-refractivity contribution is 14.0. The fourth-order valence-corrected chi connectivity index (χ4v) is 3.57. The molecule has 0 radical (unpaired) electrons. The number of imidazole rings is 1. The van der Waals surface area contributed by atoms with Crippen molar-refractivity contribution in [1.82, 2.24) is 20.2 Å². The summed E-state index contributed by atoms with van der Waals surface area (Å²) in [5.74, 6) is 3.61. The Morgan fingerprint density at radius 2 is 1.72 bits per heavy atom. The van der Waals surface area contributed by atoms with E-state index in [1.54, 1.807) is 28.4 Å². The van der Waals surface area contributed by atoms with E-state index in [0.717, 1.165) is 42.4 Å². The number of nitrogens with one attached hydrogen (secondary N) is 2. The van der Waals surface area contributed by atoms with Crippen molar-refractivity contribution < 1.29 is 14.2 Å². The van der Waals surface area contributed by atoms with E-state index in [0.29, 0.717) is 23.8 Å². The first kappa shape index (κ1) is 25.6. The van der Waals surface area contributed by atoms with Crippen LogP contribution in [0.1, 0.15) is 17.8 Å². The van der Waals surface area contributed by atoms with E-state index in [4.69, 9.17) is 14.2 Å². The molecule has 0 atom stereocenters. The Balaban J connectivity index is 0.00000363. The van der Waals surface area contributed by atoms with Crippen molar-refractivity contribution in [1.29, 1.82) is 0 Å². The van der Waals surface area contributed by atoms with E-state index in [9.17, 15) is 0 Å². The molecule has 9 heteroatoms. The van der Waals surface area contributed by atoms with E-state index >= 15 is 0 Å². The maximum atomic E-state index is 5.42. The van der Waals surface area contributed by atoms with Crippen LogP contribution in [0.2, 0.25) is 0 Å². The van der Waals surface area contributed by atoms with Gasteiger partial charge in [-0.2, -0.15) is 0 Å². The van der Waals surface area contributed by atoms with Crippen LogP contribution in [0.4, 0.5) is 0 Å². The number of hydrogen-bond donors (Lipinski definition) is 2. The minimum atomic E-state index is 0. The van der Waals surface area contributed by atoms with Gasteiger partial charge in [-0.15, -0.1) is 24.0 Å². The Labute approximate surface area is 206 Å². The number of para-hydroxylation sites is 2. The first-order valence-electron chi connectivity index (χ1n) is 10.3. The molecule has 0 saturated heterocycles. The van der Waals surface area contributed by atoms with E-state index < -0.39 is 0 Å². The number of guanidine groups is 1. The largest absolute Gasteiger partial charge is 0.493 e. The van der Waals surface area contributed by atoms with Crippen LogP contribution in [0.3, 0.4) is 0 Å². The summed E-state index contributed by atoms with van der Waals surface area (Å²) in [5, 5.41) is 6.70. The van der Waals surface area contributed by atoms with Gasteiger partial charge in [-0.25, -0.2) is 4.98 Å². The van der Waals surface area contributed by atoms with Crippen molar-refractivity contribution in [3.8, 4) is 17.2 Å². The third kappa shape index (κ3) is 5.96. The molecule has 0 aliphatic carbocycles. The third-order valence-electron chi connectivity index (χ3n) is 5.10. The van der Waals surface area contributed by atoms with Gasteiger partial charge in [-0.05, 0) is 43.2 Å². The monoisotopic (exact) mass is 553 g/mol. The van der Waals surface area contributed by atoms with Gasteiger partial charge < -0.3 is 29.4 Å². The Bertz CT molecular complexity index is 1030. The molecule has 0 unspecified atom stereocenters. The lowest BCUT2D eigenvalue weighted by atomic mass is 10.2. The van der Waals surface area contributed by atoms with Gasteiger partial charge in [-0.3, -0.25) is 4.99 Å². The van der Waals surface area contributed by atoms with E-state index in [1.165, 1.54) is 5.52 Å². The minimum absolute atomic E-state index is 0. The summed E-state index contributed by atoms with van der Waals surface area (Å²) in [6.45, 7) is 4.30. The molecule has 174 valence electrons. The number of aromatic nitrogens is 2. The second kappa shape index (κ2) is 12.4. The van der Waals surface area contributed by atoms with Gasteiger partial charge in [0, 0.05) is 26.7 Å². The number of hydrogen-bond acceptors (Lipinski definition) is 5. The van der Waals surface area contributed by atoms with E-state index in [2.05, 4.69) is 31.2 Å². The normalized spacial score (nSPS) is 11.1. The van der Waals surface area contributed by atoms with Gasteiger partial charge in [0.15, 0.2) is 17.5 Å². The topological polar surface area (TPSA) is 81.9 Å². The van der Waals surface area contributed by atoms with Crippen LogP contribution in [0.15, 0.2) is 41.4 Å². The predicted molar refractivity (Wildman–Crippen MR) is 139 cm³/mol. The Morgan fingerprint density at radius 1 is 1.03 bits per heavy atom. The first-order chi connectivity index (χ1) is 15.1. The van der Waals surface area contributed by atoms with Crippen molar-refractivity contribution in [2.24, 2.45) is 4.99 Å². The second-order valence-electron chi connectivity index (χ2n) is 7.04. The molecular formula is C23H32IN5O3. The van der Waals surface area contributed by atoms with Gasteiger partial charge >= 0.3 is 0 Å². The Kier molecular flexibility index (Phi) is 9.89. The molecule has 0 fully saturated rings. The lowest BCUT2D eigenvalue weighted by Crippen LogP contribution is -2.37. The molecule has 2 N–H and O–H groups in total.